The molecule has 0 spiro atoms. The van der Waals surface area contributed by atoms with Crippen LogP contribution in [0.2, 0.25) is 0 Å². The van der Waals surface area contributed by atoms with Gasteiger partial charge < -0.3 is 14.4 Å². The molecule has 0 heterocycles. The van der Waals surface area contributed by atoms with Crippen LogP contribution in [0.15, 0.2) is 60.7 Å². The summed E-state index contributed by atoms with van der Waals surface area (Å²) in [5.41, 5.74) is 4.07. The molecule has 0 aliphatic heterocycles. The van der Waals surface area contributed by atoms with Crippen molar-refractivity contribution in [2.24, 2.45) is 0 Å². The Balaban J connectivity index is 1.77. The molecule has 0 fully saturated rings. The third kappa shape index (κ3) is 8.12. The molecule has 2 rings (SSSR count). The van der Waals surface area contributed by atoms with E-state index in [1.807, 2.05) is 31.1 Å². The lowest BCUT2D eigenvalue weighted by molar-refractivity contribution is -0.139. The lowest BCUT2D eigenvalue weighted by Gasteiger charge is -2.11. The molecular weight excluding hydrogens is 362 g/mol. The topological polar surface area (TPSA) is 38.8 Å². The maximum atomic E-state index is 11.8. The summed E-state index contributed by atoms with van der Waals surface area (Å²) in [5.74, 6) is 0.609. The van der Waals surface area contributed by atoms with Gasteiger partial charge in [-0.2, -0.15) is 0 Å². The predicted molar refractivity (Wildman–Crippen MR) is 119 cm³/mol. The molecule has 0 bridgehead atoms. The second kappa shape index (κ2) is 12.1. The highest BCUT2D eigenvalue weighted by molar-refractivity contribution is 5.88. The molecule has 0 saturated carbocycles. The van der Waals surface area contributed by atoms with Gasteiger partial charge in [-0.3, -0.25) is 0 Å². The van der Waals surface area contributed by atoms with Gasteiger partial charge in [-0.15, -0.1) is 0 Å². The molecule has 0 atom stereocenters. The average Bonchev–Trinajstić information content (AvgIpc) is 2.72. The number of hydrogen-bond donors (Lipinski definition) is 0. The van der Waals surface area contributed by atoms with Crippen molar-refractivity contribution in [1.82, 2.24) is 4.90 Å². The summed E-state index contributed by atoms with van der Waals surface area (Å²) in [6.45, 7) is 7.63. The summed E-state index contributed by atoms with van der Waals surface area (Å²) >= 11 is 0. The van der Waals surface area contributed by atoms with Crippen molar-refractivity contribution in [2.75, 3.05) is 33.9 Å². The summed E-state index contributed by atoms with van der Waals surface area (Å²) in [7, 11) is 3.80. The van der Waals surface area contributed by atoms with Crippen molar-refractivity contribution >= 4 is 5.97 Å². The average molecular weight is 396 g/mol. The van der Waals surface area contributed by atoms with Gasteiger partial charge >= 0.3 is 5.97 Å². The molecule has 2 aromatic carbocycles. The number of carbonyl (C=O) groups excluding carboxylic acids is 1. The summed E-state index contributed by atoms with van der Waals surface area (Å²) in [6, 6.07) is 16.8. The Kier molecular flexibility index (Phi) is 9.45. The van der Waals surface area contributed by atoms with Crippen LogP contribution in [0.1, 0.15) is 31.7 Å². The number of unbranched alkanes of at least 4 members (excludes halogenated alkanes) is 1. The van der Waals surface area contributed by atoms with E-state index < -0.39 is 0 Å². The zero-order valence-corrected chi connectivity index (χ0v) is 17.9. The highest BCUT2D eigenvalue weighted by Gasteiger charge is 2.09. The lowest BCUT2D eigenvalue weighted by atomic mass is 10.0. The van der Waals surface area contributed by atoms with E-state index in [1.165, 1.54) is 16.7 Å². The molecule has 2 aromatic rings. The Morgan fingerprint density at radius 3 is 2.14 bits per heavy atom. The molecule has 0 radical (unpaired) electrons. The number of esters is 1. The standard InChI is InChI=1S/C25H33NO3/c1-5-6-17-28-24-15-13-23(14-16-24)22-11-9-21(10-12-22)8-7-18-29-25(27)20(2)19-26(3)4/h9-16H,2,5-8,17-19H2,1,3-4H3. The minimum Gasteiger partial charge on any atom is -0.494 e. The molecule has 156 valence electrons. The first-order valence-corrected chi connectivity index (χ1v) is 10.3. The van der Waals surface area contributed by atoms with Crippen molar-refractivity contribution in [3.05, 3.63) is 66.2 Å². The second-order valence-electron chi connectivity index (χ2n) is 7.50. The number of likely N-dealkylation sites (N-methyl/N-ethyl adjacent to an activating group) is 1. The zero-order valence-electron chi connectivity index (χ0n) is 17.9. The fourth-order valence-corrected chi connectivity index (χ4v) is 2.93. The van der Waals surface area contributed by atoms with E-state index in [4.69, 9.17) is 9.47 Å². The van der Waals surface area contributed by atoms with E-state index in [9.17, 15) is 4.79 Å². The SMILES string of the molecule is C=C(CN(C)C)C(=O)OCCCc1ccc(-c2ccc(OCCCC)cc2)cc1. The normalized spacial score (nSPS) is 10.8. The van der Waals surface area contributed by atoms with Crippen molar-refractivity contribution in [3.63, 3.8) is 0 Å². The van der Waals surface area contributed by atoms with Crippen LogP contribution in [0, 0.1) is 0 Å². The molecule has 0 unspecified atom stereocenters. The van der Waals surface area contributed by atoms with Crippen LogP contribution >= 0.6 is 0 Å². The summed E-state index contributed by atoms with van der Waals surface area (Å²) in [6.07, 6.45) is 3.88. The van der Waals surface area contributed by atoms with Crippen LogP contribution < -0.4 is 4.74 Å². The van der Waals surface area contributed by atoms with Gasteiger partial charge in [0.2, 0.25) is 0 Å². The smallest absolute Gasteiger partial charge is 0.334 e. The summed E-state index contributed by atoms with van der Waals surface area (Å²) in [5, 5.41) is 0. The van der Waals surface area contributed by atoms with Crippen LogP contribution in [0.25, 0.3) is 11.1 Å². The molecule has 4 nitrogen and oxygen atoms in total. The molecule has 0 N–H and O–H groups in total. The van der Waals surface area contributed by atoms with Crippen LogP contribution in [0.3, 0.4) is 0 Å². The van der Waals surface area contributed by atoms with Crippen LogP contribution in [0.4, 0.5) is 0 Å². The van der Waals surface area contributed by atoms with E-state index in [0.29, 0.717) is 18.7 Å². The van der Waals surface area contributed by atoms with E-state index in [1.54, 1.807) is 0 Å². The fraction of sp³-hybridized carbons (Fsp3) is 0.400. The second-order valence-corrected chi connectivity index (χ2v) is 7.50. The van der Waals surface area contributed by atoms with E-state index in [0.717, 1.165) is 38.0 Å². The molecule has 0 saturated heterocycles. The fourth-order valence-electron chi connectivity index (χ4n) is 2.93. The molecule has 0 aliphatic carbocycles. The zero-order chi connectivity index (χ0) is 21.1. The van der Waals surface area contributed by atoms with Gasteiger partial charge in [0.25, 0.3) is 0 Å². The minimum absolute atomic E-state index is 0.309. The Labute approximate surface area is 175 Å². The van der Waals surface area contributed by atoms with Crippen molar-refractivity contribution in [2.45, 2.75) is 32.6 Å². The van der Waals surface area contributed by atoms with Gasteiger partial charge in [-0.1, -0.05) is 56.3 Å². The van der Waals surface area contributed by atoms with Gasteiger partial charge in [0.15, 0.2) is 0 Å². The number of ether oxygens (including phenoxy) is 2. The lowest BCUT2D eigenvalue weighted by Crippen LogP contribution is -2.21. The van der Waals surface area contributed by atoms with E-state index in [2.05, 4.69) is 49.9 Å². The summed E-state index contributed by atoms with van der Waals surface area (Å²) in [4.78, 5) is 13.7. The molecular formula is C25H33NO3. The molecule has 29 heavy (non-hydrogen) atoms. The number of benzene rings is 2. The first kappa shape index (κ1) is 22.7. The third-order valence-corrected chi connectivity index (χ3v) is 4.55. The number of hydrogen-bond acceptors (Lipinski definition) is 4. The summed E-state index contributed by atoms with van der Waals surface area (Å²) < 4.78 is 11.0. The maximum absolute atomic E-state index is 11.8. The molecule has 4 heteroatoms. The number of rotatable bonds is 12. The van der Waals surface area contributed by atoms with Gasteiger partial charge in [0.05, 0.1) is 13.2 Å². The van der Waals surface area contributed by atoms with Crippen LogP contribution in [-0.2, 0) is 16.0 Å². The van der Waals surface area contributed by atoms with Gasteiger partial charge in [0, 0.05) is 12.1 Å². The maximum Gasteiger partial charge on any atom is 0.334 e. The first-order chi connectivity index (χ1) is 14.0. The minimum atomic E-state index is -0.309. The molecule has 0 aromatic heterocycles. The van der Waals surface area contributed by atoms with Gasteiger partial charge in [0.1, 0.15) is 5.75 Å². The Morgan fingerprint density at radius 2 is 1.55 bits per heavy atom. The van der Waals surface area contributed by atoms with Gasteiger partial charge in [-0.05, 0) is 62.2 Å². The van der Waals surface area contributed by atoms with Crippen LogP contribution in [-0.4, -0.2) is 44.7 Å². The number of nitrogens with zero attached hydrogens (tertiary/aromatic N) is 1. The molecule has 0 aliphatic rings. The van der Waals surface area contributed by atoms with Crippen molar-refractivity contribution in [1.29, 1.82) is 0 Å². The number of aryl methyl sites for hydroxylation is 1. The highest BCUT2D eigenvalue weighted by Crippen LogP contribution is 2.23. The van der Waals surface area contributed by atoms with E-state index in [-0.39, 0.29) is 5.97 Å². The Bertz CT molecular complexity index is 764. The van der Waals surface area contributed by atoms with E-state index >= 15 is 0 Å². The predicted octanol–water partition coefficient (Wildman–Crippen LogP) is 5.13. The first-order valence-electron chi connectivity index (χ1n) is 10.3. The largest absolute Gasteiger partial charge is 0.494 e. The third-order valence-electron chi connectivity index (χ3n) is 4.55. The van der Waals surface area contributed by atoms with Crippen LogP contribution in [0.5, 0.6) is 5.75 Å². The number of carbonyl (C=O) groups is 1. The van der Waals surface area contributed by atoms with Gasteiger partial charge in [-0.25, -0.2) is 4.79 Å². The van der Waals surface area contributed by atoms with Crippen molar-refractivity contribution < 1.29 is 14.3 Å². The van der Waals surface area contributed by atoms with Crippen molar-refractivity contribution in [3.8, 4) is 16.9 Å². The Hall–Kier alpha value is -2.59. The Morgan fingerprint density at radius 1 is 0.931 bits per heavy atom. The monoisotopic (exact) mass is 395 g/mol. The quantitative estimate of drug-likeness (QED) is 0.284. The molecule has 0 amide bonds. The highest BCUT2D eigenvalue weighted by atomic mass is 16.5.